The second-order valence-electron chi connectivity index (χ2n) is 6.22. The molecule has 5 nitrogen and oxygen atoms in total. The van der Waals surface area contributed by atoms with E-state index in [1.807, 2.05) is 30.3 Å². The molecule has 0 spiro atoms. The van der Waals surface area contributed by atoms with Crippen LogP contribution in [0.15, 0.2) is 46.0 Å². The number of aromatic nitrogens is 1. The zero-order valence-electron chi connectivity index (χ0n) is 14.7. The van der Waals surface area contributed by atoms with Crippen LogP contribution in [-0.4, -0.2) is 24.0 Å². The third-order valence-corrected chi connectivity index (χ3v) is 4.09. The number of aliphatic imine (C=N–C) groups is 1. The fourth-order valence-corrected chi connectivity index (χ4v) is 2.60. The van der Waals surface area contributed by atoms with Crippen LogP contribution in [0, 0.1) is 5.92 Å². The van der Waals surface area contributed by atoms with Crippen molar-refractivity contribution in [3.05, 3.63) is 42.3 Å². The van der Waals surface area contributed by atoms with Crippen molar-refractivity contribution >= 4 is 29.9 Å². The minimum atomic E-state index is 0. The Labute approximate surface area is 166 Å². The molecule has 3 rings (SSSR count). The molecule has 25 heavy (non-hydrogen) atoms. The van der Waals surface area contributed by atoms with Crippen molar-refractivity contribution in [1.29, 1.82) is 0 Å². The summed E-state index contributed by atoms with van der Waals surface area (Å²) in [5.41, 5.74) is 1.82. The van der Waals surface area contributed by atoms with Crippen LogP contribution in [0.2, 0.25) is 0 Å². The molecule has 136 valence electrons. The Morgan fingerprint density at radius 1 is 1.24 bits per heavy atom. The van der Waals surface area contributed by atoms with Gasteiger partial charge in [0.2, 0.25) is 5.89 Å². The van der Waals surface area contributed by atoms with Crippen LogP contribution in [0.5, 0.6) is 0 Å². The van der Waals surface area contributed by atoms with Crippen molar-refractivity contribution in [2.24, 2.45) is 10.9 Å². The highest BCUT2D eigenvalue weighted by Crippen LogP contribution is 2.33. The van der Waals surface area contributed by atoms with Crippen LogP contribution in [-0.2, 0) is 6.54 Å². The Morgan fingerprint density at radius 2 is 2.04 bits per heavy atom. The van der Waals surface area contributed by atoms with Crippen molar-refractivity contribution in [3.63, 3.8) is 0 Å². The molecule has 0 saturated heterocycles. The summed E-state index contributed by atoms with van der Waals surface area (Å²) >= 11 is 0. The third-order valence-electron chi connectivity index (χ3n) is 4.09. The van der Waals surface area contributed by atoms with Crippen LogP contribution in [0.25, 0.3) is 11.5 Å². The van der Waals surface area contributed by atoms with Gasteiger partial charge in [0.1, 0.15) is 12.0 Å². The molecule has 0 unspecified atom stereocenters. The van der Waals surface area contributed by atoms with E-state index in [4.69, 9.17) is 4.42 Å². The zero-order chi connectivity index (χ0) is 16.6. The Morgan fingerprint density at radius 3 is 2.76 bits per heavy atom. The summed E-state index contributed by atoms with van der Waals surface area (Å²) in [6.07, 6.45) is 7.06. The molecule has 1 aliphatic rings. The van der Waals surface area contributed by atoms with Crippen molar-refractivity contribution < 1.29 is 4.42 Å². The van der Waals surface area contributed by atoms with Crippen molar-refractivity contribution in [1.82, 2.24) is 15.6 Å². The van der Waals surface area contributed by atoms with E-state index < -0.39 is 0 Å². The van der Waals surface area contributed by atoms with Gasteiger partial charge < -0.3 is 15.1 Å². The molecule has 2 N–H and O–H groups in total. The topological polar surface area (TPSA) is 62.5 Å². The number of oxazole rings is 1. The average Bonchev–Trinajstić information content (AvgIpc) is 3.32. The minimum absolute atomic E-state index is 0. The first kappa shape index (κ1) is 19.8. The first-order valence-corrected chi connectivity index (χ1v) is 8.87. The summed E-state index contributed by atoms with van der Waals surface area (Å²) < 4.78 is 5.55. The van der Waals surface area contributed by atoms with E-state index >= 15 is 0 Å². The van der Waals surface area contributed by atoms with Gasteiger partial charge >= 0.3 is 0 Å². The molecule has 1 aromatic heterocycles. The number of rotatable bonds is 8. The Hall–Kier alpha value is -1.57. The molecule has 0 aliphatic heterocycles. The van der Waals surface area contributed by atoms with Crippen LogP contribution in [0.4, 0.5) is 0 Å². The Kier molecular flexibility index (Phi) is 8.24. The molecule has 0 radical (unpaired) electrons. The highest BCUT2D eigenvalue weighted by atomic mass is 127. The molecule has 1 aliphatic carbocycles. The van der Waals surface area contributed by atoms with Crippen molar-refractivity contribution in [2.75, 3.05) is 13.1 Å². The first-order valence-electron chi connectivity index (χ1n) is 8.87. The van der Waals surface area contributed by atoms with Crippen molar-refractivity contribution in [3.8, 4) is 11.5 Å². The number of hydrogen-bond donors (Lipinski definition) is 2. The summed E-state index contributed by atoms with van der Waals surface area (Å²) in [7, 11) is 0. The smallest absolute Gasteiger partial charge is 0.226 e. The predicted molar refractivity (Wildman–Crippen MR) is 112 cm³/mol. The summed E-state index contributed by atoms with van der Waals surface area (Å²) in [4.78, 5) is 9.11. The van der Waals surface area contributed by atoms with E-state index in [0.29, 0.717) is 12.4 Å². The average molecular weight is 454 g/mol. The lowest BCUT2D eigenvalue weighted by Gasteiger charge is -2.10. The number of nitrogens with zero attached hydrogens (tertiary/aromatic N) is 2. The third kappa shape index (κ3) is 6.68. The molecule has 0 bridgehead atoms. The zero-order valence-corrected chi connectivity index (χ0v) is 17.0. The summed E-state index contributed by atoms with van der Waals surface area (Å²) in [5.74, 6) is 2.47. The molecule has 1 heterocycles. The largest absolute Gasteiger partial charge is 0.444 e. The SMILES string of the molecule is CCNC(=NCc1coc(-c2ccccc2)n1)NCCCC1CC1.I. The maximum atomic E-state index is 5.55. The Bertz CT molecular complexity index is 652. The number of halogens is 1. The fourth-order valence-electron chi connectivity index (χ4n) is 2.60. The molecule has 0 amide bonds. The number of nitrogens with one attached hydrogen (secondary N) is 2. The quantitative estimate of drug-likeness (QED) is 0.272. The predicted octanol–water partition coefficient (Wildman–Crippen LogP) is 4.20. The van der Waals surface area contributed by atoms with E-state index in [9.17, 15) is 0 Å². The van der Waals surface area contributed by atoms with E-state index in [-0.39, 0.29) is 24.0 Å². The monoisotopic (exact) mass is 454 g/mol. The van der Waals surface area contributed by atoms with Gasteiger partial charge in [-0.2, -0.15) is 0 Å². The lowest BCUT2D eigenvalue weighted by Crippen LogP contribution is -2.37. The minimum Gasteiger partial charge on any atom is -0.444 e. The molecule has 1 aromatic carbocycles. The van der Waals surface area contributed by atoms with Gasteiger partial charge in [-0.05, 0) is 37.8 Å². The van der Waals surface area contributed by atoms with Gasteiger partial charge in [0.25, 0.3) is 0 Å². The van der Waals surface area contributed by atoms with E-state index in [0.717, 1.165) is 36.2 Å². The molecular formula is C19H27IN4O. The lowest BCUT2D eigenvalue weighted by atomic mass is 10.2. The molecule has 2 aromatic rings. The molecule has 6 heteroatoms. The van der Waals surface area contributed by atoms with Gasteiger partial charge in [0.15, 0.2) is 5.96 Å². The van der Waals surface area contributed by atoms with Crippen LogP contribution in [0.3, 0.4) is 0 Å². The van der Waals surface area contributed by atoms with Crippen LogP contribution >= 0.6 is 24.0 Å². The summed E-state index contributed by atoms with van der Waals surface area (Å²) in [6.45, 7) is 4.40. The molecule has 0 atom stereocenters. The maximum Gasteiger partial charge on any atom is 0.226 e. The van der Waals surface area contributed by atoms with Gasteiger partial charge in [-0.15, -0.1) is 24.0 Å². The Balaban J connectivity index is 0.00000225. The van der Waals surface area contributed by atoms with Crippen LogP contribution in [0.1, 0.15) is 38.3 Å². The summed E-state index contributed by atoms with van der Waals surface area (Å²) in [5, 5.41) is 6.67. The molecule has 1 saturated carbocycles. The normalized spacial score (nSPS) is 14.0. The number of guanidine groups is 1. The van der Waals surface area contributed by atoms with Gasteiger partial charge in [0.05, 0.1) is 6.54 Å². The van der Waals surface area contributed by atoms with Gasteiger partial charge in [0, 0.05) is 18.7 Å². The molecular weight excluding hydrogens is 427 g/mol. The standard InChI is InChI=1S/C19H26N4O.HI/c1-2-20-19(21-12-6-7-15-10-11-15)22-13-17-14-24-18(23-17)16-8-4-3-5-9-16;/h3-5,8-9,14-15H,2,6-7,10-13H2,1H3,(H2,20,21,22);1H. The number of hydrogen-bond acceptors (Lipinski definition) is 3. The van der Waals surface area contributed by atoms with Crippen LogP contribution < -0.4 is 10.6 Å². The number of benzene rings is 1. The van der Waals surface area contributed by atoms with E-state index in [1.165, 1.54) is 25.7 Å². The van der Waals surface area contributed by atoms with E-state index in [2.05, 4.69) is 27.5 Å². The van der Waals surface area contributed by atoms with Gasteiger partial charge in [-0.25, -0.2) is 9.98 Å². The first-order chi connectivity index (χ1) is 11.8. The summed E-state index contributed by atoms with van der Waals surface area (Å²) in [6, 6.07) is 9.92. The lowest BCUT2D eigenvalue weighted by molar-refractivity contribution is 0.572. The fraction of sp³-hybridized carbons (Fsp3) is 0.474. The second-order valence-corrected chi connectivity index (χ2v) is 6.22. The molecule has 1 fully saturated rings. The maximum absolute atomic E-state index is 5.55. The highest BCUT2D eigenvalue weighted by molar-refractivity contribution is 14.0. The second kappa shape index (κ2) is 10.4. The van der Waals surface area contributed by atoms with Crippen molar-refractivity contribution in [2.45, 2.75) is 39.2 Å². The van der Waals surface area contributed by atoms with E-state index in [1.54, 1.807) is 6.26 Å². The van der Waals surface area contributed by atoms with Gasteiger partial charge in [-0.1, -0.05) is 31.0 Å². The van der Waals surface area contributed by atoms with Gasteiger partial charge in [-0.3, -0.25) is 0 Å². The highest BCUT2D eigenvalue weighted by Gasteiger charge is 2.19.